The van der Waals surface area contributed by atoms with Crippen molar-refractivity contribution in [3.8, 4) is 0 Å². The van der Waals surface area contributed by atoms with Crippen molar-refractivity contribution >= 4 is 40.7 Å². The van der Waals surface area contributed by atoms with E-state index < -0.39 is 0 Å². The summed E-state index contributed by atoms with van der Waals surface area (Å²) >= 11 is 4.05. The molecule has 0 spiro atoms. The highest BCUT2D eigenvalue weighted by atomic mass is 32.2. The fraction of sp³-hybridized carbons (Fsp3) is 0.167. The molecule has 1 aliphatic rings. The van der Waals surface area contributed by atoms with Crippen molar-refractivity contribution in [1.82, 2.24) is 0 Å². The fourth-order valence-electron chi connectivity index (χ4n) is 3.08. The number of nitrogens with zero attached hydrogens (tertiary/aromatic N) is 1. The van der Waals surface area contributed by atoms with E-state index in [1.807, 2.05) is 35.7 Å². The van der Waals surface area contributed by atoms with E-state index in [0.29, 0.717) is 4.58 Å². The van der Waals surface area contributed by atoms with E-state index in [4.69, 9.17) is 4.99 Å². The average molecular weight is 388 g/mol. The zero-order chi connectivity index (χ0) is 18.3. The Morgan fingerprint density at radius 1 is 0.741 bits per heavy atom. The van der Waals surface area contributed by atoms with Crippen molar-refractivity contribution in [3.05, 3.63) is 102 Å². The van der Waals surface area contributed by atoms with Gasteiger partial charge in [0.05, 0.1) is 15.8 Å². The molecular weight excluding hydrogens is 366 g/mol. The molecule has 1 aliphatic heterocycles. The van der Waals surface area contributed by atoms with Gasteiger partial charge in [0.15, 0.2) is 0 Å². The molecule has 1 nitrogen and oxygen atoms in total. The molecule has 27 heavy (non-hydrogen) atoms. The van der Waals surface area contributed by atoms with Gasteiger partial charge in [0.1, 0.15) is 0 Å². The number of aliphatic imine (C=N–C) groups is 1. The Balaban J connectivity index is 1.78. The molecule has 0 bridgehead atoms. The van der Waals surface area contributed by atoms with Gasteiger partial charge in [-0.2, -0.15) is 0 Å². The average Bonchev–Trinajstić information content (AvgIpc) is 2.76. The summed E-state index contributed by atoms with van der Waals surface area (Å²) < 4.78 is 0.470. The molecule has 3 aromatic rings. The highest BCUT2D eigenvalue weighted by molar-refractivity contribution is 8.16. The minimum Gasteiger partial charge on any atom is -0.205 e. The molecule has 1 saturated heterocycles. The van der Waals surface area contributed by atoms with Crippen LogP contribution in [0.1, 0.15) is 27.7 Å². The molecule has 0 unspecified atom stereocenters. The maximum atomic E-state index is 4.82. The van der Waals surface area contributed by atoms with Crippen molar-refractivity contribution in [2.24, 2.45) is 4.99 Å². The van der Waals surface area contributed by atoms with Crippen molar-refractivity contribution < 1.29 is 0 Å². The molecule has 0 saturated carbocycles. The molecule has 3 heteroatoms. The number of hydrogen-bond donors (Lipinski definition) is 0. The van der Waals surface area contributed by atoms with Crippen molar-refractivity contribution in [2.45, 2.75) is 11.0 Å². The van der Waals surface area contributed by atoms with Gasteiger partial charge in [0.2, 0.25) is 0 Å². The summed E-state index contributed by atoms with van der Waals surface area (Å²) in [4.78, 5) is 4.82. The zero-order valence-electron chi connectivity index (χ0n) is 15.0. The van der Waals surface area contributed by atoms with Crippen LogP contribution in [0.5, 0.6) is 0 Å². The summed E-state index contributed by atoms with van der Waals surface area (Å²) in [5, 5.41) is 0. The predicted molar refractivity (Wildman–Crippen MR) is 121 cm³/mol. The predicted octanol–water partition coefficient (Wildman–Crippen LogP) is 6.99. The van der Waals surface area contributed by atoms with Crippen LogP contribution in [0.3, 0.4) is 0 Å². The highest BCUT2D eigenvalue weighted by Crippen LogP contribution is 2.46. The Labute approximate surface area is 169 Å². The summed E-state index contributed by atoms with van der Waals surface area (Å²) in [5.74, 6) is 5.83. The van der Waals surface area contributed by atoms with Gasteiger partial charge in [0, 0.05) is 5.56 Å². The second-order valence-electron chi connectivity index (χ2n) is 6.32. The standard InChI is InChI=1S/C24H21NS2/c1-3-10-19(11-4-1)22(20-12-5-2-6-13-20)18-25-23-15-8-7-14-21(23)24-26-16-9-17-27-24/h1-8,10-15,24H,9,16-17H2. The second-order valence-corrected chi connectivity index (χ2v) is 9.04. The van der Waals surface area contributed by atoms with Crippen LogP contribution in [-0.4, -0.2) is 17.4 Å². The number of para-hydroxylation sites is 1. The van der Waals surface area contributed by atoms with E-state index in [2.05, 4.69) is 78.7 Å². The van der Waals surface area contributed by atoms with E-state index in [9.17, 15) is 0 Å². The maximum Gasteiger partial charge on any atom is 0.0781 e. The first-order valence-corrected chi connectivity index (χ1v) is 11.3. The molecule has 4 rings (SSSR count). The second kappa shape index (κ2) is 9.14. The molecular formula is C24H21NS2. The molecule has 1 heterocycles. The van der Waals surface area contributed by atoms with E-state index in [1.54, 1.807) is 0 Å². The number of benzene rings is 3. The third-order valence-corrected chi connectivity index (χ3v) is 7.41. The Morgan fingerprint density at radius 2 is 1.30 bits per heavy atom. The zero-order valence-corrected chi connectivity index (χ0v) is 16.7. The molecule has 0 radical (unpaired) electrons. The van der Waals surface area contributed by atoms with Gasteiger partial charge >= 0.3 is 0 Å². The molecule has 1 fully saturated rings. The topological polar surface area (TPSA) is 12.4 Å². The SMILES string of the molecule is C(=Nc1ccccc1C1SCCCS1)=C(c1ccccc1)c1ccccc1. The smallest absolute Gasteiger partial charge is 0.0781 e. The van der Waals surface area contributed by atoms with Crippen LogP contribution in [0, 0.1) is 0 Å². The summed E-state index contributed by atoms with van der Waals surface area (Å²) in [6.45, 7) is 0. The lowest BCUT2D eigenvalue weighted by molar-refractivity contribution is 1.10. The van der Waals surface area contributed by atoms with Gasteiger partial charge in [-0.05, 0) is 41.0 Å². The van der Waals surface area contributed by atoms with Crippen LogP contribution in [0.15, 0.2) is 89.9 Å². The normalized spacial score (nSPS) is 14.4. The number of thioether (sulfide) groups is 2. The van der Waals surface area contributed by atoms with E-state index in [-0.39, 0.29) is 0 Å². The molecule has 0 aliphatic carbocycles. The van der Waals surface area contributed by atoms with Gasteiger partial charge < -0.3 is 0 Å². The monoisotopic (exact) mass is 387 g/mol. The summed E-state index contributed by atoms with van der Waals surface area (Å²) in [5.41, 5.74) is 5.61. The van der Waals surface area contributed by atoms with Crippen LogP contribution >= 0.6 is 23.5 Å². The first-order valence-electron chi connectivity index (χ1n) is 9.18. The molecule has 0 aromatic heterocycles. The summed E-state index contributed by atoms with van der Waals surface area (Å²) in [6, 6.07) is 29.3. The van der Waals surface area contributed by atoms with Crippen LogP contribution in [0.25, 0.3) is 5.57 Å². The molecule has 0 atom stereocenters. The quantitative estimate of drug-likeness (QED) is 0.447. The first-order chi connectivity index (χ1) is 13.4. The van der Waals surface area contributed by atoms with Gasteiger partial charge in [-0.1, -0.05) is 78.9 Å². The van der Waals surface area contributed by atoms with Crippen LogP contribution in [0.2, 0.25) is 0 Å². The lowest BCUT2D eigenvalue weighted by atomic mass is 9.99. The van der Waals surface area contributed by atoms with Crippen molar-refractivity contribution in [1.29, 1.82) is 0 Å². The molecule has 0 amide bonds. The Hall–Kier alpha value is -2.19. The Bertz CT molecular complexity index is 897. The third kappa shape index (κ3) is 4.56. The largest absolute Gasteiger partial charge is 0.205 e. The van der Waals surface area contributed by atoms with Gasteiger partial charge in [-0.25, -0.2) is 4.99 Å². The van der Waals surface area contributed by atoms with E-state index >= 15 is 0 Å². The van der Waals surface area contributed by atoms with E-state index in [0.717, 1.165) is 22.4 Å². The van der Waals surface area contributed by atoms with Crippen molar-refractivity contribution in [3.63, 3.8) is 0 Å². The lowest BCUT2D eigenvalue weighted by Gasteiger charge is -2.22. The molecule has 134 valence electrons. The third-order valence-electron chi connectivity index (χ3n) is 4.43. The van der Waals surface area contributed by atoms with Gasteiger partial charge in [-0.3, -0.25) is 0 Å². The van der Waals surface area contributed by atoms with Crippen molar-refractivity contribution in [2.75, 3.05) is 11.5 Å². The maximum absolute atomic E-state index is 4.82. The Kier molecular flexibility index (Phi) is 6.16. The first kappa shape index (κ1) is 18.2. The van der Waals surface area contributed by atoms with E-state index in [1.165, 1.54) is 23.5 Å². The fourth-order valence-corrected chi connectivity index (χ4v) is 6.03. The van der Waals surface area contributed by atoms with Crippen LogP contribution in [0.4, 0.5) is 5.69 Å². The minimum atomic E-state index is 0.470. The van der Waals surface area contributed by atoms with Gasteiger partial charge in [0.25, 0.3) is 0 Å². The van der Waals surface area contributed by atoms with Crippen LogP contribution < -0.4 is 0 Å². The Morgan fingerprint density at radius 3 is 1.93 bits per heavy atom. The highest BCUT2D eigenvalue weighted by Gasteiger charge is 2.19. The molecule has 0 N–H and O–H groups in total. The lowest BCUT2D eigenvalue weighted by Crippen LogP contribution is -2.00. The minimum absolute atomic E-state index is 0.470. The number of rotatable bonds is 4. The number of hydrogen-bond acceptors (Lipinski definition) is 3. The van der Waals surface area contributed by atoms with Crippen LogP contribution in [-0.2, 0) is 0 Å². The molecule has 3 aromatic carbocycles. The summed E-state index contributed by atoms with van der Waals surface area (Å²) in [6.07, 6.45) is 1.29. The summed E-state index contributed by atoms with van der Waals surface area (Å²) in [7, 11) is 0. The van der Waals surface area contributed by atoms with Gasteiger partial charge in [-0.15, -0.1) is 23.5 Å².